The number of carbonyl (C=O) groups is 1. The molecule has 5 atom stereocenters. The number of aliphatic hydroxyl groups excluding tert-OH is 6. The molecule has 10 nitrogen and oxygen atoms in total. The Hall–Kier alpha value is -0.660. The van der Waals surface area contributed by atoms with E-state index in [1.165, 1.54) is 19.3 Å². The Kier molecular flexibility index (Phi) is 15.7. The van der Waals surface area contributed by atoms with Crippen LogP contribution in [-0.2, 0) is 19.1 Å². The summed E-state index contributed by atoms with van der Waals surface area (Å²) < 4.78 is 28.5. The molecule has 0 saturated heterocycles. The highest BCUT2D eigenvalue weighted by Crippen LogP contribution is 2.12. The number of unbranched alkanes of at least 4 members (excludes halogenated alkanes) is 7. The summed E-state index contributed by atoms with van der Waals surface area (Å²) in [6.45, 7) is 1.23. The fraction of sp³-hybridized carbons (Fsp3) is 0.947. The molecule has 30 heavy (non-hydrogen) atoms. The zero-order valence-electron chi connectivity index (χ0n) is 17.6. The first-order valence-corrected chi connectivity index (χ1v) is 12.1. The van der Waals surface area contributed by atoms with Crippen LogP contribution >= 0.6 is 0 Å². The van der Waals surface area contributed by atoms with Crippen molar-refractivity contribution in [2.45, 2.75) is 95.2 Å². The third kappa shape index (κ3) is 12.3. The van der Waals surface area contributed by atoms with Crippen LogP contribution in [0.1, 0.15) is 64.7 Å². The molecule has 0 aliphatic heterocycles. The Labute approximate surface area is 178 Å². The molecule has 6 N–H and O–H groups in total. The lowest BCUT2D eigenvalue weighted by molar-refractivity contribution is -0.154. The lowest BCUT2D eigenvalue weighted by Gasteiger charge is -2.25. The van der Waals surface area contributed by atoms with Crippen LogP contribution in [0, 0.1) is 0 Å². The van der Waals surface area contributed by atoms with E-state index in [2.05, 4.69) is 6.92 Å². The van der Waals surface area contributed by atoms with E-state index in [4.69, 9.17) is 9.29 Å². The first-order valence-electron chi connectivity index (χ1n) is 10.5. The summed E-state index contributed by atoms with van der Waals surface area (Å²) in [7, 11) is -3.97. The fourth-order valence-electron chi connectivity index (χ4n) is 2.77. The molecule has 0 amide bonds. The largest absolute Gasteiger partial charge is 0.394 e. The van der Waals surface area contributed by atoms with E-state index in [9.17, 15) is 38.7 Å². The summed E-state index contributed by atoms with van der Waals surface area (Å²) in [5.41, 5.74) is 0. The molecule has 0 fully saturated rings. The minimum absolute atomic E-state index is 0.00785. The van der Waals surface area contributed by atoms with Gasteiger partial charge in [-0.05, 0) is 12.8 Å². The predicted molar refractivity (Wildman–Crippen MR) is 109 cm³/mol. The van der Waals surface area contributed by atoms with Crippen molar-refractivity contribution in [3.8, 4) is 0 Å². The van der Waals surface area contributed by atoms with Crippen molar-refractivity contribution in [3.63, 3.8) is 0 Å². The van der Waals surface area contributed by atoms with E-state index >= 15 is 0 Å². The number of ketones is 1. The molecule has 0 bridgehead atoms. The summed E-state index contributed by atoms with van der Waals surface area (Å²) in [6, 6.07) is 0. The minimum atomic E-state index is -3.97. The van der Waals surface area contributed by atoms with Crippen molar-refractivity contribution in [3.05, 3.63) is 0 Å². The lowest BCUT2D eigenvalue weighted by Crippen LogP contribution is -2.51. The Balaban J connectivity index is 4.19. The number of rotatable bonds is 19. The molecule has 180 valence electrons. The van der Waals surface area contributed by atoms with E-state index in [1.807, 2.05) is 0 Å². The molecule has 1 unspecified atom stereocenters. The topological polar surface area (TPSA) is 182 Å². The van der Waals surface area contributed by atoms with Gasteiger partial charge < -0.3 is 30.6 Å². The molecule has 0 aromatic heterocycles. The van der Waals surface area contributed by atoms with Crippen LogP contribution in [0.5, 0.6) is 0 Å². The summed E-state index contributed by atoms with van der Waals surface area (Å²) in [5.74, 6) is -1.98. The first kappa shape index (κ1) is 29.3. The molecule has 0 aromatic rings. The average Bonchev–Trinajstić information content (AvgIpc) is 2.73. The van der Waals surface area contributed by atoms with Gasteiger partial charge in [-0.3, -0.25) is 8.98 Å². The van der Waals surface area contributed by atoms with Crippen molar-refractivity contribution < 1.29 is 48.0 Å². The molecule has 0 heterocycles. The zero-order chi connectivity index (χ0) is 23.2. The van der Waals surface area contributed by atoms with E-state index in [1.54, 1.807) is 0 Å². The normalized spacial score (nSPS) is 17.3. The Morgan fingerprint density at radius 3 is 1.93 bits per heavy atom. The van der Waals surface area contributed by atoms with Gasteiger partial charge in [0.2, 0.25) is 0 Å². The number of aliphatic hydroxyl groups is 6. The van der Waals surface area contributed by atoms with Gasteiger partial charge in [-0.15, -0.1) is 0 Å². The molecule has 0 aliphatic rings. The van der Waals surface area contributed by atoms with Crippen molar-refractivity contribution in [2.24, 2.45) is 0 Å². The van der Waals surface area contributed by atoms with Gasteiger partial charge in [-0.2, -0.15) is 8.42 Å². The number of Topliss-reactive ketones (excluding diaryl/α,β-unsaturated/α-hetero) is 1. The highest BCUT2D eigenvalue weighted by atomic mass is 32.2. The van der Waals surface area contributed by atoms with E-state index < -0.39 is 65.2 Å². The average molecular weight is 459 g/mol. The second-order valence-electron chi connectivity index (χ2n) is 7.44. The molecular formula is C19H38O10S. The minimum Gasteiger partial charge on any atom is -0.394 e. The van der Waals surface area contributed by atoms with Crippen molar-refractivity contribution >= 4 is 15.9 Å². The highest BCUT2D eigenvalue weighted by Gasteiger charge is 2.36. The van der Waals surface area contributed by atoms with Crippen LogP contribution in [0.15, 0.2) is 0 Å². The molecule has 0 saturated carbocycles. The van der Waals surface area contributed by atoms with Crippen molar-refractivity contribution in [2.75, 3.05) is 19.0 Å². The molecule has 0 aromatic carbocycles. The summed E-state index contributed by atoms with van der Waals surface area (Å²) >= 11 is 0. The Bertz CT molecular complexity index is 554. The van der Waals surface area contributed by atoms with Crippen LogP contribution in [0.2, 0.25) is 0 Å². The third-order valence-corrected chi connectivity index (χ3v) is 6.04. The van der Waals surface area contributed by atoms with Crippen LogP contribution in [0.4, 0.5) is 0 Å². The quantitative estimate of drug-likeness (QED) is 0.106. The number of hydrogen-bond acceptors (Lipinski definition) is 10. The van der Waals surface area contributed by atoms with E-state index in [0.29, 0.717) is 6.42 Å². The van der Waals surface area contributed by atoms with Gasteiger partial charge in [0.15, 0.2) is 5.78 Å². The third-order valence-electron chi connectivity index (χ3n) is 4.78. The maximum Gasteiger partial charge on any atom is 0.267 e. The van der Waals surface area contributed by atoms with Crippen LogP contribution in [0.3, 0.4) is 0 Å². The summed E-state index contributed by atoms with van der Waals surface area (Å²) in [4.78, 5) is 11.9. The first-order chi connectivity index (χ1) is 14.1. The molecule has 0 aliphatic carbocycles. The van der Waals surface area contributed by atoms with E-state index in [-0.39, 0.29) is 6.61 Å². The number of hydrogen-bond donors (Lipinski definition) is 6. The van der Waals surface area contributed by atoms with Gasteiger partial charge in [0.05, 0.1) is 19.0 Å². The lowest BCUT2D eigenvalue weighted by atomic mass is 9.97. The SMILES string of the molecule is CCCCCCCCCCOS(=O)(=O)CCC(O)C(=O)[C@H](O)[C@@H](O)[C@H](O)[C@H](O)CO. The van der Waals surface area contributed by atoms with Crippen molar-refractivity contribution in [1.29, 1.82) is 0 Å². The summed E-state index contributed by atoms with van der Waals surface area (Å²) in [6.07, 6.45) is -2.47. The van der Waals surface area contributed by atoms with Crippen LogP contribution in [0.25, 0.3) is 0 Å². The standard InChI is InChI=1S/C19H38O10S/c1-2-3-4-5-6-7-8-9-11-29-30(27,28)12-10-14(21)16(23)18(25)19(26)17(24)15(22)13-20/h14-15,17-22,24-26H,2-13H2,1H3/t14?,15-,17-,18+,19+/m1/s1. The van der Waals surface area contributed by atoms with Gasteiger partial charge >= 0.3 is 0 Å². The Morgan fingerprint density at radius 2 is 1.40 bits per heavy atom. The monoisotopic (exact) mass is 458 g/mol. The van der Waals surface area contributed by atoms with Gasteiger partial charge in [-0.1, -0.05) is 51.9 Å². The van der Waals surface area contributed by atoms with Crippen LogP contribution < -0.4 is 0 Å². The van der Waals surface area contributed by atoms with Gasteiger partial charge in [0, 0.05) is 0 Å². The smallest absolute Gasteiger partial charge is 0.267 e. The molecule has 0 spiro atoms. The molecular weight excluding hydrogens is 420 g/mol. The van der Waals surface area contributed by atoms with Gasteiger partial charge in [0.25, 0.3) is 10.1 Å². The number of carbonyl (C=O) groups excluding carboxylic acids is 1. The summed E-state index contributed by atoms with van der Waals surface area (Å²) in [5, 5.41) is 56.5. The second kappa shape index (κ2) is 16.0. The molecule has 0 rings (SSSR count). The van der Waals surface area contributed by atoms with Gasteiger partial charge in [-0.25, -0.2) is 0 Å². The fourth-order valence-corrected chi connectivity index (χ4v) is 3.77. The van der Waals surface area contributed by atoms with Crippen LogP contribution in [-0.4, -0.2) is 94.3 Å². The second-order valence-corrected chi connectivity index (χ2v) is 9.20. The molecule has 0 radical (unpaired) electrons. The van der Waals surface area contributed by atoms with E-state index in [0.717, 1.165) is 25.7 Å². The Morgan fingerprint density at radius 1 is 0.867 bits per heavy atom. The van der Waals surface area contributed by atoms with Crippen molar-refractivity contribution in [1.82, 2.24) is 0 Å². The predicted octanol–water partition coefficient (Wildman–Crippen LogP) is -0.770. The maximum absolute atomic E-state index is 11.9. The van der Waals surface area contributed by atoms with Gasteiger partial charge in [0.1, 0.15) is 30.5 Å². The highest BCUT2D eigenvalue weighted by molar-refractivity contribution is 7.86. The maximum atomic E-state index is 11.9. The zero-order valence-corrected chi connectivity index (χ0v) is 18.4. The molecule has 11 heteroatoms.